The third kappa shape index (κ3) is 2.97. The first-order valence-electron chi connectivity index (χ1n) is 7.98. The van der Waals surface area contributed by atoms with Crippen molar-refractivity contribution in [3.05, 3.63) is 29.8 Å². The molecule has 0 radical (unpaired) electrons. The summed E-state index contributed by atoms with van der Waals surface area (Å²) in [6.45, 7) is 3.99. The number of carbonyl (C=O) groups excluding carboxylic acids is 1. The first-order chi connectivity index (χ1) is 10.2. The van der Waals surface area contributed by atoms with E-state index in [2.05, 4.69) is 41.8 Å². The number of piperidine rings is 1. The molecule has 0 aliphatic carbocycles. The van der Waals surface area contributed by atoms with Crippen molar-refractivity contribution >= 4 is 17.7 Å². The van der Waals surface area contributed by atoms with E-state index < -0.39 is 0 Å². The van der Waals surface area contributed by atoms with Gasteiger partial charge in [-0.3, -0.25) is 4.79 Å². The molecule has 3 nitrogen and oxygen atoms in total. The SMILES string of the molecule is CCC1(C(=O)NC2CCSc3ccccc32)CCCNC1. The molecule has 0 spiro atoms. The fourth-order valence-electron chi connectivity index (χ4n) is 3.43. The van der Waals surface area contributed by atoms with E-state index in [0.717, 1.165) is 44.5 Å². The van der Waals surface area contributed by atoms with E-state index in [1.54, 1.807) is 0 Å². The van der Waals surface area contributed by atoms with Crippen LogP contribution in [0.3, 0.4) is 0 Å². The number of nitrogens with one attached hydrogen (secondary N) is 2. The van der Waals surface area contributed by atoms with Gasteiger partial charge in [0.1, 0.15) is 0 Å². The van der Waals surface area contributed by atoms with Crippen LogP contribution in [0, 0.1) is 5.41 Å². The van der Waals surface area contributed by atoms with Crippen LogP contribution in [0.2, 0.25) is 0 Å². The molecule has 1 fully saturated rings. The van der Waals surface area contributed by atoms with Crippen molar-refractivity contribution in [3.63, 3.8) is 0 Å². The lowest BCUT2D eigenvalue weighted by Crippen LogP contribution is -2.51. The molecule has 1 aromatic rings. The molecule has 114 valence electrons. The summed E-state index contributed by atoms with van der Waals surface area (Å²) in [6, 6.07) is 8.65. The van der Waals surface area contributed by atoms with Gasteiger partial charge in [0.15, 0.2) is 0 Å². The van der Waals surface area contributed by atoms with Crippen molar-refractivity contribution in [2.75, 3.05) is 18.8 Å². The van der Waals surface area contributed by atoms with Crippen LogP contribution < -0.4 is 10.6 Å². The Bertz CT molecular complexity index is 511. The number of rotatable bonds is 3. The maximum absolute atomic E-state index is 12.9. The largest absolute Gasteiger partial charge is 0.349 e. The van der Waals surface area contributed by atoms with E-state index in [9.17, 15) is 4.79 Å². The van der Waals surface area contributed by atoms with Crippen molar-refractivity contribution in [2.24, 2.45) is 5.41 Å². The quantitative estimate of drug-likeness (QED) is 0.901. The summed E-state index contributed by atoms with van der Waals surface area (Å²) < 4.78 is 0. The van der Waals surface area contributed by atoms with Gasteiger partial charge in [-0.2, -0.15) is 0 Å². The molecule has 1 amide bonds. The number of hydrogen-bond donors (Lipinski definition) is 2. The van der Waals surface area contributed by atoms with Gasteiger partial charge in [-0.05, 0) is 43.9 Å². The van der Waals surface area contributed by atoms with Crippen LogP contribution in [0.15, 0.2) is 29.2 Å². The molecule has 4 heteroatoms. The van der Waals surface area contributed by atoms with Crippen molar-refractivity contribution in [1.82, 2.24) is 10.6 Å². The summed E-state index contributed by atoms with van der Waals surface area (Å²) in [7, 11) is 0. The molecular formula is C17H24N2OS. The molecule has 0 bridgehead atoms. The molecule has 2 unspecified atom stereocenters. The molecule has 2 atom stereocenters. The molecule has 0 aromatic heterocycles. The van der Waals surface area contributed by atoms with Crippen LogP contribution in [0.4, 0.5) is 0 Å². The molecule has 2 heterocycles. The number of benzene rings is 1. The fourth-order valence-corrected chi connectivity index (χ4v) is 4.55. The first-order valence-corrected chi connectivity index (χ1v) is 8.97. The lowest BCUT2D eigenvalue weighted by molar-refractivity contribution is -0.133. The molecule has 2 aliphatic rings. The van der Waals surface area contributed by atoms with Gasteiger partial charge in [0, 0.05) is 17.2 Å². The standard InChI is InChI=1S/C17H24N2OS/c1-2-17(9-5-10-18-12-17)16(20)19-14-8-11-21-15-7-4-3-6-13(14)15/h3-4,6-7,14,18H,2,5,8-12H2,1H3,(H,19,20). The van der Waals surface area contributed by atoms with Crippen molar-refractivity contribution in [2.45, 2.75) is 43.5 Å². The number of carbonyl (C=O) groups is 1. The van der Waals surface area contributed by atoms with Crippen LogP contribution in [0.5, 0.6) is 0 Å². The summed E-state index contributed by atoms with van der Waals surface area (Å²) in [5.41, 5.74) is 1.08. The molecule has 21 heavy (non-hydrogen) atoms. The van der Waals surface area contributed by atoms with Gasteiger partial charge in [0.05, 0.1) is 11.5 Å². The summed E-state index contributed by atoms with van der Waals surface area (Å²) in [5.74, 6) is 1.32. The second-order valence-corrected chi connectivity index (χ2v) is 7.25. The topological polar surface area (TPSA) is 41.1 Å². The molecule has 1 saturated heterocycles. The Kier molecular flexibility index (Phi) is 4.55. The Balaban J connectivity index is 1.76. The minimum absolute atomic E-state index is 0.181. The molecule has 3 rings (SSSR count). The lowest BCUT2D eigenvalue weighted by atomic mass is 9.77. The molecule has 2 N–H and O–H groups in total. The average Bonchev–Trinajstić information content (AvgIpc) is 2.56. The van der Waals surface area contributed by atoms with Crippen molar-refractivity contribution in [1.29, 1.82) is 0 Å². The van der Waals surface area contributed by atoms with Gasteiger partial charge in [0.25, 0.3) is 0 Å². The van der Waals surface area contributed by atoms with Crippen LogP contribution >= 0.6 is 11.8 Å². The van der Waals surface area contributed by atoms with E-state index in [0.29, 0.717) is 0 Å². The van der Waals surface area contributed by atoms with E-state index in [-0.39, 0.29) is 17.4 Å². The third-order valence-electron chi connectivity index (χ3n) is 4.89. The number of thioether (sulfide) groups is 1. The van der Waals surface area contributed by atoms with Gasteiger partial charge in [-0.25, -0.2) is 0 Å². The Hall–Kier alpha value is -1.00. The maximum atomic E-state index is 12.9. The van der Waals surface area contributed by atoms with E-state index in [1.807, 2.05) is 11.8 Å². The second kappa shape index (κ2) is 6.41. The van der Waals surface area contributed by atoms with Gasteiger partial charge in [-0.15, -0.1) is 11.8 Å². The highest BCUT2D eigenvalue weighted by Gasteiger charge is 2.39. The minimum Gasteiger partial charge on any atom is -0.349 e. The molecular weight excluding hydrogens is 280 g/mol. The predicted molar refractivity (Wildman–Crippen MR) is 87.5 cm³/mol. The minimum atomic E-state index is -0.211. The lowest BCUT2D eigenvalue weighted by Gasteiger charge is -2.37. The zero-order valence-electron chi connectivity index (χ0n) is 12.7. The summed E-state index contributed by atoms with van der Waals surface area (Å²) in [6.07, 6.45) is 4.04. The van der Waals surface area contributed by atoms with Crippen LogP contribution in [-0.4, -0.2) is 24.7 Å². The molecule has 1 aromatic carbocycles. The van der Waals surface area contributed by atoms with Crippen molar-refractivity contribution < 1.29 is 4.79 Å². The Morgan fingerprint density at radius 1 is 1.48 bits per heavy atom. The number of hydrogen-bond acceptors (Lipinski definition) is 3. The van der Waals surface area contributed by atoms with Crippen molar-refractivity contribution in [3.8, 4) is 0 Å². The third-order valence-corrected chi connectivity index (χ3v) is 6.02. The predicted octanol–water partition coefficient (Wildman–Crippen LogP) is 3.12. The summed E-state index contributed by atoms with van der Waals surface area (Å²) in [5, 5.41) is 6.74. The highest BCUT2D eigenvalue weighted by Crippen LogP contribution is 2.37. The van der Waals surface area contributed by atoms with E-state index >= 15 is 0 Å². The number of amides is 1. The van der Waals surface area contributed by atoms with Gasteiger partial charge in [0.2, 0.25) is 5.91 Å². The summed E-state index contributed by atoms with van der Waals surface area (Å²) in [4.78, 5) is 14.2. The Morgan fingerprint density at radius 3 is 3.10 bits per heavy atom. The van der Waals surface area contributed by atoms with Gasteiger partial charge >= 0.3 is 0 Å². The van der Waals surface area contributed by atoms with Crippen LogP contribution in [0.1, 0.15) is 44.2 Å². The second-order valence-electron chi connectivity index (χ2n) is 6.12. The van der Waals surface area contributed by atoms with Gasteiger partial charge < -0.3 is 10.6 Å². The van der Waals surface area contributed by atoms with Crippen LogP contribution in [0.25, 0.3) is 0 Å². The smallest absolute Gasteiger partial charge is 0.227 e. The van der Waals surface area contributed by atoms with Gasteiger partial charge in [-0.1, -0.05) is 25.1 Å². The fraction of sp³-hybridized carbons (Fsp3) is 0.588. The normalized spacial score (nSPS) is 28.7. The molecule has 2 aliphatic heterocycles. The summed E-state index contributed by atoms with van der Waals surface area (Å²) >= 11 is 1.90. The zero-order chi connectivity index (χ0) is 14.7. The Labute approximate surface area is 131 Å². The average molecular weight is 304 g/mol. The maximum Gasteiger partial charge on any atom is 0.227 e. The number of fused-ring (bicyclic) bond motifs is 1. The van der Waals surface area contributed by atoms with Crippen LogP contribution in [-0.2, 0) is 4.79 Å². The first kappa shape index (κ1) is 14.9. The van der Waals surface area contributed by atoms with E-state index in [1.165, 1.54) is 10.5 Å². The Morgan fingerprint density at radius 2 is 2.33 bits per heavy atom. The van der Waals surface area contributed by atoms with E-state index in [4.69, 9.17) is 0 Å². The molecule has 0 saturated carbocycles. The highest BCUT2D eigenvalue weighted by atomic mass is 32.2. The monoisotopic (exact) mass is 304 g/mol. The zero-order valence-corrected chi connectivity index (χ0v) is 13.5. The highest BCUT2D eigenvalue weighted by molar-refractivity contribution is 7.99.